The molecular weight excluding hydrogens is 607 g/mol. The van der Waals surface area contributed by atoms with Crippen LogP contribution in [0.25, 0.3) is 66.4 Å². The monoisotopic (exact) mass is 639 g/mol. The lowest BCUT2D eigenvalue weighted by molar-refractivity contribution is 0.631. The summed E-state index contributed by atoms with van der Waals surface area (Å²) in [5.74, 6) is 0.877. The Hall–Kier alpha value is -6.64. The Morgan fingerprint density at radius 3 is 1.62 bits per heavy atom. The second kappa shape index (κ2) is 12.8. The Bertz CT molecular complexity index is 2540. The summed E-state index contributed by atoms with van der Waals surface area (Å²) >= 11 is 0. The van der Waals surface area contributed by atoms with Crippen LogP contribution in [0.5, 0.6) is 0 Å². The van der Waals surface area contributed by atoms with E-state index in [2.05, 4.69) is 187 Å². The van der Waals surface area contributed by atoms with Crippen molar-refractivity contribution in [2.75, 3.05) is 4.90 Å². The Morgan fingerprint density at radius 2 is 0.880 bits per heavy atom. The normalized spacial score (nSPS) is 11.2. The number of hydrogen-bond donors (Lipinski definition) is 0. The number of hydrogen-bond acceptors (Lipinski definition) is 2. The Balaban J connectivity index is 1.10. The first-order chi connectivity index (χ1) is 24.8. The molecule has 8 aromatic carbocycles. The van der Waals surface area contributed by atoms with Gasteiger partial charge in [0, 0.05) is 27.7 Å². The molecule has 0 aliphatic carbocycles. The molecule has 0 N–H and O–H groups in total. The highest BCUT2D eigenvalue weighted by Gasteiger charge is 2.17. The maximum absolute atomic E-state index is 6.19. The molecule has 0 fully saturated rings. The zero-order valence-corrected chi connectivity index (χ0v) is 27.4. The number of nitrogens with zero attached hydrogens (tertiary/aromatic N) is 1. The van der Waals surface area contributed by atoms with Crippen molar-refractivity contribution in [1.29, 1.82) is 0 Å². The smallest absolute Gasteiger partial charge is 0.135 e. The summed E-state index contributed by atoms with van der Waals surface area (Å²) < 4.78 is 6.19. The van der Waals surface area contributed by atoms with Gasteiger partial charge in [-0.05, 0) is 87.3 Å². The minimum Gasteiger partial charge on any atom is -0.456 e. The molecule has 50 heavy (non-hydrogen) atoms. The van der Waals surface area contributed by atoms with Gasteiger partial charge in [-0.2, -0.15) is 0 Å². The van der Waals surface area contributed by atoms with Crippen molar-refractivity contribution in [1.82, 2.24) is 0 Å². The molecule has 1 aromatic heterocycles. The predicted octanol–water partition coefficient (Wildman–Crippen LogP) is 13.7. The second-order valence-electron chi connectivity index (χ2n) is 12.6. The van der Waals surface area contributed by atoms with Crippen molar-refractivity contribution in [3.8, 4) is 44.7 Å². The third kappa shape index (κ3) is 5.53. The summed E-state index contributed by atoms with van der Waals surface area (Å²) in [6.45, 7) is 0. The van der Waals surface area contributed by atoms with Gasteiger partial charge in [0.15, 0.2) is 0 Å². The van der Waals surface area contributed by atoms with Crippen molar-refractivity contribution in [3.63, 3.8) is 0 Å². The Morgan fingerprint density at radius 1 is 0.340 bits per heavy atom. The van der Waals surface area contributed by atoms with E-state index in [1.807, 2.05) is 18.2 Å². The maximum atomic E-state index is 6.19. The molecule has 1 heterocycles. The summed E-state index contributed by atoms with van der Waals surface area (Å²) in [7, 11) is 0. The number of fused-ring (bicyclic) bond motifs is 2. The van der Waals surface area contributed by atoms with Crippen LogP contribution >= 0.6 is 0 Å². The van der Waals surface area contributed by atoms with Crippen LogP contribution in [0, 0.1) is 0 Å². The highest BCUT2D eigenvalue weighted by atomic mass is 16.3. The molecule has 0 amide bonds. The molecular formula is C48H33NO. The van der Waals surface area contributed by atoms with E-state index in [1.165, 1.54) is 33.0 Å². The van der Waals surface area contributed by atoms with E-state index in [9.17, 15) is 0 Å². The van der Waals surface area contributed by atoms with Crippen LogP contribution in [0.3, 0.4) is 0 Å². The van der Waals surface area contributed by atoms with Crippen molar-refractivity contribution < 1.29 is 4.42 Å². The van der Waals surface area contributed by atoms with Crippen LogP contribution in [0.2, 0.25) is 0 Å². The van der Waals surface area contributed by atoms with Crippen LogP contribution in [-0.4, -0.2) is 0 Å². The number of furan rings is 1. The van der Waals surface area contributed by atoms with Gasteiger partial charge in [-0.1, -0.05) is 152 Å². The lowest BCUT2D eigenvalue weighted by Gasteiger charge is -2.27. The molecule has 0 bridgehead atoms. The third-order valence-electron chi connectivity index (χ3n) is 9.49. The molecule has 2 heteroatoms. The summed E-state index contributed by atoms with van der Waals surface area (Å²) in [5.41, 5.74) is 12.4. The fourth-order valence-corrected chi connectivity index (χ4v) is 7.00. The number of para-hydroxylation sites is 1. The van der Waals surface area contributed by atoms with Gasteiger partial charge in [-0.25, -0.2) is 0 Å². The topological polar surface area (TPSA) is 16.4 Å². The molecule has 0 spiro atoms. The molecule has 0 aliphatic heterocycles. The van der Waals surface area contributed by atoms with Crippen molar-refractivity contribution >= 4 is 38.8 Å². The van der Waals surface area contributed by atoms with Gasteiger partial charge in [0.1, 0.15) is 11.3 Å². The number of anilines is 3. The number of benzene rings is 8. The fraction of sp³-hybridized carbons (Fsp3) is 0. The largest absolute Gasteiger partial charge is 0.456 e. The first-order valence-electron chi connectivity index (χ1n) is 17.0. The molecule has 9 rings (SSSR count). The first kappa shape index (κ1) is 29.5. The lowest BCUT2D eigenvalue weighted by atomic mass is 9.94. The van der Waals surface area contributed by atoms with Gasteiger partial charge in [-0.3, -0.25) is 0 Å². The summed E-state index contributed by atoms with van der Waals surface area (Å²) in [5, 5.41) is 3.53. The highest BCUT2D eigenvalue weighted by Crippen LogP contribution is 2.41. The third-order valence-corrected chi connectivity index (χ3v) is 9.49. The minimum absolute atomic E-state index is 0.877. The second-order valence-corrected chi connectivity index (χ2v) is 12.6. The van der Waals surface area contributed by atoms with Crippen LogP contribution in [-0.2, 0) is 0 Å². The minimum atomic E-state index is 0.877. The Kier molecular flexibility index (Phi) is 7.53. The van der Waals surface area contributed by atoms with Crippen LogP contribution in [0.1, 0.15) is 0 Å². The van der Waals surface area contributed by atoms with Gasteiger partial charge in [0.05, 0.1) is 5.69 Å². The van der Waals surface area contributed by atoms with Gasteiger partial charge >= 0.3 is 0 Å². The number of rotatable bonds is 7. The van der Waals surface area contributed by atoms with E-state index in [0.29, 0.717) is 0 Å². The summed E-state index contributed by atoms with van der Waals surface area (Å²) in [4.78, 5) is 2.36. The van der Waals surface area contributed by atoms with Crippen molar-refractivity contribution in [2.45, 2.75) is 0 Å². The first-order valence-corrected chi connectivity index (χ1v) is 17.0. The molecule has 0 saturated heterocycles. The van der Waals surface area contributed by atoms with Crippen LogP contribution in [0.4, 0.5) is 17.1 Å². The summed E-state index contributed by atoms with van der Waals surface area (Å²) in [6, 6.07) is 71.1. The van der Waals surface area contributed by atoms with E-state index < -0.39 is 0 Å². The molecule has 0 aliphatic rings. The maximum Gasteiger partial charge on any atom is 0.135 e. The lowest BCUT2D eigenvalue weighted by Crippen LogP contribution is -2.10. The molecule has 0 saturated carbocycles. The molecule has 236 valence electrons. The van der Waals surface area contributed by atoms with Crippen molar-refractivity contribution in [2.24, 2.45) is 0 Å². The fourth-order valence-electron chi connectivity index (χ4n) is 7.00. The van der Waals surface area contributed by atoms with Crippen LogP contribution < -0.4 is 4.90 Å². The van der Waals surface area contributed by atoms with Gasteiger partial charge < -0.3 is 9.32 Å². The molecule has 2 nitrogen and oxygen atoms in total. The predicted molar refractivity (Wildman–Crippen MR) is 210 cm³/mol. The zero-order chi connectivity index (χ0) is 33.3. The average Bonchev–Trinajstić information content (AvgIpc) is 3.64. The SMILES string of the molecule is c1ccc(-c2ccccc2-c2ccc(N(c3ccc(-c4cccc(-c5cc6ccccc6o5)c4)cc3)c3cccc4ccccc34)cc2)cc1. The van der Waals surface area contributed by atoms with Crippen molar-refractivity contribution in [3.05, 3.63) is 200 Å². The van der Waals surface area contributed by atoms with Gasteiger partial charge in [0.2, 0.25) is 0 Å². The molecule has 0 atom stereocenters. The quantitative estimate of drug-likeness (QED) is 0.173. The summed E-state index contributed by atoms with van der Waals surface area (Å²) in [6.07, 6.45) is 0. The van der Waals surface area contributed by atoms with E-state index in [1.54, 1.807) is 0 Å². The van der Waals surface area contributed by atoms with E-state index >= 15 is 0 Å². The molecule has 0 radical (unpaired) electrons. The average molecular weight is 640 g/mol. The highest BCUT2D eigenvalue weighted by molar-refractivity contribution is 5.99. The van der Waals surface area contributed by atoms with Crippen LogP contribution in [0.15, 0.2) is 205 Å². The molecule has 0 unspecified atom stereocenters. The molecule has 9 aromatic rings. The standard InChI is InChI=1S/C48H33NO/c1-2-12-35(13-3-1)43-19-7-8-20-44(43)37-26-30-42(31-27-37)49(46-22-11-16-36-14-4-6-21-45(36)46)41-28-24-34(25-29-41)38-17-10-18-39(32-38)48-33-40-15-5-9-23-47(40)50-48/h1-33H. The zero-order valence-electron chi connectivity index (χ0n) is 27.4. The van der Waals surface area contributed by atoms with Gasteiger partial charge in [0.25, 0.3) is 0 Å². The Labute approximate surface area is 292 Å². The van der Waals surface area contributed by atoms with E-state index in [0.717, 1.165) is 50.5 Å². The van der Waals surface area contributed by atoms with Gasteiger partial charge in [-0.15, -0.1) is 0 Å². The van der Waals surface area contributed by atoms with E-state index in [4.69, 9.17) is 4.42 Å². The van der Waals surface area contributed by atoms with E-state index in [-0.39, 0.29) is 0 Å².